The highest BCUT2D eigenvalue weighted by Crippen LogP contribution is 2.43. The van der Waals surface area contributed by atoms with Crippen molar-refractivity contribution in [1.29, 1.82) is 5.26 Å². The fourth-order valence-electron chi connectivity index (χ4n) is 5.26. The van der Waals surface area contributed by atoms with Crippen molar-refractivity contribution in [3.63, 3.8) is 0 Å². The van der Waals surface area contributed by atoms with Gasteiger partial charge in [-0.15, -0.1) is 0 Å². The van der Waals surface area contributed by atoms with Crippen molar-refractivity contribution in [2.24, 2.45) is 5.92 Å². The Balaban J connectivity index is 1.40. The second-order valence-corrected chi connectivity index (χ2v) is 9.26. The molecule has 1 N–H and O–H groups in total. The van der Waals surface area contributed by atoms with Gasteiger partial charge in [-0.25, -0.2) is 4.79 Å². The van der Waals surface area contributed by atoms with Gasteiger partial charge in [0.15, 0.2) is 0 Å². The molecule has 5 rings (SSSR count). The second kappa shape index (κ2) is 8.04. The minimum atomic E-state index is -1.26. The number of hydrogen-bond acceptors (Lipinski definition) is 4. The normalized spacial score (nSPS) is 22.1. The molecule has 7 heteroatoms. The Hall–Kier alpha value is -3.66. The van der Waals surface area contributed by atoms with E-state index in [9.17, 15) is 19.6 Å². The molecule has 1 saturated carbocycles. The first-order valence-corrected chi connectivity index (χ1v) is 11.4. The molecule has 3 aliphatic rings. The standard InChI is InChI=1S/C26H26N4O3/c1-17(19-10-11-19)29(15-18-6-3-2-4-7-18)22(31)16-30-24(32)26(28-25(30)33)13-12-20-8-5-9-21(14-27)23(20)26/h2-9,17,19H,10-13,15-16H2,1H3,(H,28,33)/t17-,26?/m0/s1. The Morgan fingerprint density at radius 3 is 2.67 bits per heavy atom. The van der Waals surface area contributed by atoms with E-state index in [4.69, 9.17) is 0 Å². The molecular weight excluding hydrogens is 416 g/mol. The molecule has 0 radical (unpaired) electrons. The third kappa shape index (κ3) is 3.56. The predicted octanol–water partition coefficient (Wildman–Crippen LogP) is 3.08. The summed E-state index contributed by atoms with van der Waals surface area (Å²) < 4.78 is 0. The lowest BCUT2D eigenvalue weighted by atomic mass is 9.88. The van der Waals surface area contributed by atoms with Gasteiger partial charge in [-0.2, -0.15) is 5.26 Å². The van der Waals surface area contributed by atoms with E-state index < -0.39 is 17.5 Å². The molecule has 168 valence electrons. The molecule has 1 unspecified atom stereocenters. The monoisotopic (exact) mass is 442 g/mol. The molecule has 33 heavy (non-hydrogen) atoms. The van der Waals surface area contributed by atoms with Gasteiger partial charge in [0.1, 0.15) is 12.1 Å². The molecule has 0 bridgehead atoms. The number of aryl methyl sites for hydroxylation is 1. The zero-order valence-corrected chi connectivity index (χ0v) is 18.6. The van der Waals surface area contributed by atoms with Crippen molar-refractivity contribution >= 4 is 17.8 Å². The summed E-state index contributed by atoms with van der Waals surface area (Å²) in [6.07, 6.45) is 3.15. The van der Waals surface area contributed by atoms with E-state index in [0.29, 0.717) is 36.4 Å². The molecule has 4 amide bonds. The predicted molar refractivity (Wildman–Crippen MR) is 121 cm³/mol. The molecular formula is C26H26N4O3. The molecule has 1 spiro atoms. The minimum Gasteiger partial charge on any atom is -0.334 e. The van der Waals surface area contributed by atoms with Gasteiger partial charge in [0.2, 0.25) is 5.91 Å². The van der Waals surface area contributed by atoms with E-state index in [0.717, 1.165) is 28.9 Å². The van der Waals surface area contributed by atoms with Gasteiger partial charge >= 0.3 is 6.03 Å². The zero-order valence-electron chi connectivity index (χ0n) is 18.6. The third-order valence-corrected chi connectivity index (χ3v) is 7.25. The summed E-state index contributed by atoms with van der Waals surface area (Å²) in [7, 11) is 0. The minimum absolute atomic E-state index is 0.0323. The molecule has 7 nitrogen and oxygen atoms in total. The molecule has 1 heterocycles. The Labute approximate surface area is 193 Å². The van der Waals surface area contributed by atoms with E-state index in [1.54, 1.807) is 17.0 Å². The lowest BCUT2D eigenvalue weighted by Gasteiger charge is -2.31. The number of nitriles is 1. The van der Waals surface area contributed by atoms with Crippen LogP contribution in [0.1, 0.15) is 48.4 Å². The lowest BCUT2D eigenvalue weighted by Crippen LogP contribution is -2.47. The van der Waals surface area contributed by atoms with Gasteiger partial charge < -0.3 is 10.2 Å². The number of nitrogens with one attached hydrogen (secondary N) is 1. The van der Waals surface area contributed by atoms with Gasteiger partial charge in [0.05, 0.1) is 11.6 Å². The van der Waals surface area contributed by atoms with Gasteiger partial charge in [-0.05, 0) is 55.7 Å². The van der Waals surface area contributed by atoms with E-state index in [-0.39, 0.29) is 18.5 Å². The summed E-state index contributed by atoms with van der Waals surface area (Å²) in [6.45, 7) is 2.17. The highest BCUT2D eigenvalue weighted by molar-refractivity contribution is 6.10. The van der Waals surface area contributed by atoms with Crippen molar-refractivity contribution in [3.05, 3.63) is 70.8 Å². The van der Waals surface area contributed by atoms with Crippen molar-refractivity contribution in [2.75, 3.05) is 6.54 Å². The molecule has 0 aromatic heterocycles. The number of rotatable bonds is 6. The van der Waals surface area contributed by atoms with Crippen LogP contribution in [0.5, 0.6) is 0 Å². The van der Waals surface area contributed by atoms with Gasteiger partial charge in [-0.3, -0.25) is 14.5 Å². The number of urea groups is 1. The Morgan fingerprint density at radius 2 is 1.97 bits per heavy atom. The van der Waals surface area contributed by atoms with Gasteiger partial charge in [0.25, 0.3) is 5.91 Å². The quantitative estimate of drug-likeness (QED) is 0.696. The first-order chi connectivity index (χ1) is 15.9. The van der Waals surface area contributed by atoms with Crippen molar-refractivity contribution in [1.82, 2.24) is 15.1 Å². The highest BCUT2D eigenvalue weighted by Gasteiger charge is 2.56. The van der Waals surface area contributed by atoms with Crippen LogP contribution in [0.4, 0.5) is 4.79 Å². The summed E-state index contributed by atoms with van der Waals surface area (Å²) in [5.74, 6) is -0.237. The van der Waals surface area contributed by atoms with Crippen molar-refractivity contribution < 1.29 is 14.4 Å². The third-order valence-electron chi connectivity index (χ3n) is 7.25. The van der Waals surface area contributed by atoms with E-state index >= 15 is 0 Å². The number of imide groups is 1. The molecule has 1 saturated heterocycles. The summed E-state index contributed by atoms with van der Waals surface area (Å²) in [6, 6.07) is 16.7. The molecule has 1 aliphatic heterocycles. The van der Waals surface area contributed by atoms with Crippen LogP contribution in [-0.4, -0.2) is 40.2 Å². The number of benzene rings is 2. The topological polar surface area (TPSA) is 93.5 Å². The fraction of sp³-hybridized carbons (Fsp3) is 0.385. The molecule has 2 atom stereocenters. The summed E-state index contributed by atoms with van der Waals surface area (Å²) in [5, 5.41) is 12.4. The van der Waals surface area contributed by atoms with Crippen molar-refractivity contribution in [2.45, 2.75) is 50.7 Å². The number of nitrogens with zero attached hydrogens (tertiary/aromatic N) is 3. The lowest BCUT2D eigenvalue weighted by molar-refractivity contribution is -0.141. The Kier molecular flexibility index (Phi) is 5.16. The molecule has 2 aromatic rings. The van der Waals surface area contributed by atoms with E-state index in [1.807, 2.05) is 43.3 Å². The number of fused-ring (bicyclic) bond motifs is 2. The second-order valence-electron chi connectivity index (χ2n) is 9.26. The largest absolute Gasteiger partial charge is 0.334 e. The molecule has 2 aromatic carbocycles. The van der Waals surface area contributed by atoms with Gasteiger partial charge in [-0.1, -0.05) is 42.5 Å². The Bertz CT molecular complexity index is 1170. The van der Waals surface area contributed by atoms with Gasteiger partial charge in [0, 0.05) is 18.2 Å². The number of hydrogen-bond donors (Lipinski definition) is 1. The number of carbonyl (C=O) groups is 3. The van der Waals surface area contributed by atoms with Crippen LogP contribution in [0.25, 0.3) is 0 Å². The fourth-order valence-corrected chi connectivity index (χ4v) is 5.26. The maximum absolute atomic E-state index is 13.6. The summed E-state index contributed by atoms with van der Waals surface area (Å²) in [4.78, 5) is 42.8. The van der Waals surface area contributed by atoms with Crippen LogP contribution in [0, 0.1) is 17.2 Å². The summed E-state index contributed by atoms with van der Waals surface area (Å²) >= 11 is 0. The van der Waals surface area contributed by atoms with Crippen LogP contribution >= 0.6 is 0 Å². The average Bonchev–Trinajstić information content (AvgIpc) is 3.58. The van der Waals surface area contributed by atoms with E-state index in [1.165, 1.54) is 0 Å². The number of amides is 4. The Morgan fingerprint density at radius 1 is 1.21 bits per heavy atom. The van der Waals surface area contributed by atoms with Crippen LogP contribution in [0.15, 0.2) is 48.5 Å². The molecule has 2 aliphatic carbocycles. The maximum Gasteiger partial charge on any atom is 0.325 e. The van der Waals surface area contributed by atoms with Crippen LogP contribution < -0.4 is 5.32 Å². The highest BCUT2D eigenvalue weighted by atomic mass is 16.2. The average molecular weight is 443 g/mol. The number of carbonyl (C=O) groups excluding carboxylic acids is 3. The summed E-state index contributed by atoms with van der Waals surface area (Å²) in [5.41, 5.74) is 1.61. The SMILES string of the molecule is C[C@@H](C1CC1)N(Cc1ccccc1)C(=O)CN1C(=O)NC2(CCc3cccc(C#N)c32)C1=O. The van der Waals surface area contributed by atoms with Crippen LogP contribution in [-0.2, 0) is 28.1 Å². The maximum atomic E-state index is 13.6. The zero-order chi connectivity index (χ0) is 23.2. The van der Waals surface area contributed by atoms with Crippen LogP contribution in [0.2, 0.25) is 0 Å². The van der Waals surface area contributed by atoms with E-state index in [2.05, 4.69) is 11.4 Å². The first kappa shape index (κ1) is 21.2. The molecule has 2 fully saturated rings. The van der Waals surface area contributed by atoms with Crippen molar-refractivity contribution in [3.8, 4) is 6.07 Å². The first-order valence-electron chi connectivity index (χ1n) is 11.4. The smallest absolute Gasteiger partial charge is 0.325 e. The van der Waals surface area contributed by atoms with Crippen LogP contribution in [0.3, 0.4) is 0 Å².